The summed E-state index contributed by atoms with van der Waals surface area (Å²) in [5.41, 5.74) is 0.916. The Hall–Kier alpha value is -0.520. The van der Waals surface area contributed by atoms with Crippen molar-refractivity contribution in [3.05, 3.63) is 22.7 Å². The van der Waals surface area contributed by atoms with Gasteiger partial charge >= 0.3 is 0 Å². The summed E-state index contributed by atoms with van der Waals surface area (Å²) in [4.78, 5) is 13.1. The van der Waals surface area contributed by atoms with Gasteiger partial charge in [0.25, 0.3) is 0 Å². The van der Waals surface area contributed by atoms with Gasteiger partial charge in [-0.25, -0.2) is 4.31 Å². The summed E-state index contributed by atoms with van der Waals surface area (Å²) in [6.07, 6.45) is 2.07. The van der Waals surface area contributed by atoms with Gasteiger partial charge < -0.3 is 5.32 Å². The van der Waals surface area contributed by atoms with Crippen LogP contribution in [0.3, 0.4) is 0 Å². The Kier molecular flexibility index (Phi) is 2.69. The molecule has 0 saturated carbocycles. The van der Waals surface area contributed by atoms with E-state index < -0.39 is 0 Å². The zero-order valence-corrected chi connectivity index (χ0v) is 11.0. The number of amides is 1. The third-order valence-corrected chi connectivity index (χ3v) is 4.64. The normalized spacial score (nSPS) is 24.6. The van der Waals surface area contributed by atoms with Crippen LogP contribution in [0.25, 0.3) is 0 Å². The predicted molar refractivity (Wildman–Crippen MR) is 68.4 cm³/mol. The number of nitrogens with one attached hydrogen (secondary N) is 1. The van der Waals surface area contributed by atoms with Gasteiger partial charge in [0, 0.05) is 15.9 Å². The summed E-state index contributed by atoms with van der Waals surface area (Å²) in [5.74, 6) is 0.127. The molecule has 0 radical (unpaired) electrons. The number of carbonyl (C=O) groups excluding carboxylic acids is 1. The van der Waals surface area contributed by atoms with Gasteiger partial charge in [0.15, 0.2) is 0 Å². The molecular formula is C11H11BrN2OS. The highest BCUT2D eigenvalue weighted by Crippen LogP contribution is 2.39. The summed E-state index contributed by atoms with van der Waals surface area (Å²) in [6, 6.07) is 6.05. The highest BCUT2D eigenvalue weighted by molar-refractivity contribution is 9.10. The van der Waals surface area contributed by atoms with Crippen LogP contribution in [-0.2, 0) is 4.79 Å². The molecular weight excluding hydrogens is 288 g/mol. The van der Waals surface area contributed by atoms with Crippen LogP contribution < -0.4 is 5.32 Å². The van der Waals surface area contributed by atoms with Crippen molar-refractivity contribution in [3.63, 3.8) is 0 Å². The van der Waals surface area contributed by atoms with Crippen molar-refractivity contribution in [2.24, 2.45) is 0 Å². The van der Waals surface area contributed by atoms with Crippen molar-refractivity contribution in [2.45, 2.75) is 23.8 Å². The standard InChI is InChI=1S/C11H11BrN2OS/c12-7-3-4-10-8(6-7)13-11(15)9-2-1-5-14(9)16-10/h3-4,6,9H,1-2,5H2,(H,13,15). The molecule has 3 rings (SSSR count). The summed E-state index contributed by atoms with van der Waals surface area (Å²) in [6.45, 7) is 0.998. The van der Waals surface area contributed by atoms with Crippen molar-refractivity contribution < 1.29 is 4.79 Å². The van der Waals surface area contributed by atoms with Crippen LogP contribution >= 0.6 is 27.9 Å². The highest BCUT2D eigenvalue weighted by Gasteiger charge is 2.34. The van der Waals surface area contributed by atoms with E-state index in [1.807, 2.05) is 18.2 Å². The van der Waals surface area contributed by atoms with Gasteiger partial charge in [-0.15, -0.1) is 0 Å². The molecule has 0 spiro atoms. The lowest BCUT2D eigenvalue weighted by atomic mass is 10.2. The van der Waals surface area contributed by atoms with Crippen LogP contribution in [0.1, 0.15) is 12.8 Å². The number of fused-ring (bicyclic) bond motifs is 2. The maximum atomic E-state index is 12.0. The smallest absolute Gasteiger partial charge is 0.242 e. The average molecular weight is 299 g/mol. The molecule has 1 N–H and O–H groups in total. The van der Waals surface area contributed by atoms with Gasteiger partial charge in [-0.05, 0) is 43.0 Å². The topological polar surface area (TPSA) is 32.3 Å². The largest absolute Gasteiger partial charge is 0.324 e. The van der Waals surface area contributed by atoms with E-state index in [1.165, 1.54) is 0 Å². The highest BCUT2D eigenvalue weighted by atomic mass is 79.9. The number of nitrogens with zero attached hydrogens (tertiary/aromatic N) is 1. The van der Waals surface area contributed by atoms with Gasteiger partial charge in [0.05, 0.1) is 11.7 Å². The lowest BCUT2D eigenvalue weighted by Gasteiger charge is -2.17. The second kappa shape index (κ2) is 4.05. The molecule has 0 bridgehead atoms. The van der Waals surface area contributed by atoms with Crippen LogP contribution in [0, 0.1) is 0 Å². The van der Waals surface area contributed by atoms with E-state index in [0.717, 1.165) is 34.4 Å². The maximum Gasteiger partial charge on any atom is 0.242 e. The van der Waals surface area contributed by atoms with Crippen molar-refractivity contribution in [3.8, 4) is 0 Å². The van der Waals surface area contributed by atoms with E-state index in [4.69, 9.17) is 0 Å². The van der Waals surface area contributed by atoms with Gasteiger partial charge in [-0.3, -0.25) is 4.79 Å². The molecule has 1 aromatic rings. The number of hydrogen-bond donors (Lipinski definition) is 1. The number of carbonyl (C=O) groups is 1. The molecule has 16 heavy (non-hydrogen) atoms. The van der Waals surface area contributed by atoms with E-state index in [1.54, 1.807) is 11.9 Å². The Labute approximate surface area is 107 Å². The first-order chi connectivity index (χ1) is 7.74. The summed E-state index contributed by atoms with van der Waals surface area (Å²) in [5, 5.41) is 3.00. The minimum absolute atomic E-state index is 0.0381. The quantitative estimate of drug-likeness (QED) is 0.748. The molecule has 84 valence electrons. The zero-order chi connectivity index (χ0) is 11.1. The molecule has 0 aliphatic carbocycles. The van der Waals surface area contributed by atoms with Crippen LogP contribution in [0.4, 0.5) is 5.69 Å². The average Bonchev–Trinajstić information content (AvgIpc) is 2.65. The Morgan fingerprint density at radius 3 is 3.25 bits per heavy atom. The molecule has 1 atom stereocenters. The molecule has 3 nitrogen and oxygen atoms in total. The van der Waals surface area contributed by atoms with Gasteiger partial charge in [-0.2, -0.15) is 0 Å². The second-order valence-corrected chi connectivity index (χ2v) is 6.03. The fourth-order valence-corrected chi connectivity index (χ4v) is 3.63. The summed E-state index contributed by atoms with van der Waals surface area (Å²) < 4.78 is 3.18. The third kappa shape index (κ3) is 1.77. The molecule has 2 aliphatic rings. The first-order valence-electron chi connectivity index (χ1n) is 5.29. The Balaban J connectivity index is 2.01. The van der Waals surface area contributed by atoms with Gasteiger partial charge in [0.1, 0.15) is 0 Å². The predicted octanol–water partition coefficient (Wildman–Crippen LogP) is 2.87. The van der Waals surface area contributed by atoms with Crippen molar-refractivity contribution in [2.75, 3.05) is 11.9 Å². The number of halogens is 1. The fraction of sp³-hybridized carbons (Fsp3) is 0.364. The van der Waals surface area contributed by atoms with Crippen molar-refractivity contribution >= 4 is 39.5 Å². The molecule has 5 heteroatoms. The lowest BCUT2D eigenvalue weighted by Crippen LogP contribution is -2.33. The number of benzene rings is 1. The molecule has 2 aliphatic heterocycles. The first-order valence-corrected chi connectivity index (χ1v) is 6.86. The molecule has 1 unspecified atom stereocenters. The van der Waals surface area contributed by atoms with E-state index >= 15 is 0 Å². The Morgan fingerprint density at radius 1 is 1.50 bits per heavy atom. The van der Waals surface area contributed by atoms with Crippen LogP contribution in [0.15, 0.2) is 27.6 Å². The van der Waals surface area contributed by atoms with Crippen LogP contribution in [-0.4, -0.2) is 22.8 Å². The molecule has 0 aromatic heterocycles. The monoisotopic (exact) mass is 298 g/mol. The third-order valence-electron chi connectivity index (χ3n) is 2.92. The van der Waals surface area contributed by atoms with Gasteiger partial charge in [-0.1, -0.05) is 15.9 Å². The minimum atomic E-state index is 0.0381. The Bertz CT molecular complexity index is 452. The van der Waals surface area contributed by atoms with Crippen molar-refractivity contribution in [1.82, 2.24) is 4.31 Å². The number of anilines is 1. The summed E-state index contributed by atoms with van der Waals surface area (Å²) >= 11 is 5.11. The van der Waals surface area contributed by atoms with E-state index in [2.05, 4.69) is 25.6 Å². The van der Waals surface area contributed by atoms with E-state index in [0.29, 0.717) is 0 Å². The zero-order valence-electron chi connectivity index (χ0n) is 8.57. The maximum absolute atomic E-state index is 12.0. The first kappa shape index (κ1) is 10.6. The SMILES string of the molecule is O=C1Nc2cc(Br)ccc2SN2CCCC12. The second-order valence-electron chi connectivity index (χ2n) is 4.02. The Morgan fingerprint density at radius 2 is 2.38 bits per heavy atom. The van der Waals surface area contributed by atoms with Crippen LogP contribution in [0.2, 0.25) is 0 Å². The van der Waals surface area contributed by atoms with Gasteiger partial charge in [0.2, 0.25) is 5.91 Å². The lowest BCUT2D eigenvalue weighted by molar-refractivity contribution is -0.118. The number of rotatable bonds is 0. The molecule has 1 amide bonds. The molecule has 1 fully saturated rings. The molecule has 2 heterocycles. The fourth-order valence-electron chi connectivity index (χ4n) is 2.13. The molecule has 1 saturated heterocycles. The minimum Gasteiger partial charge on any atom is -0.324 e. The van der Waals surface area contributed by atoms with Crippen LogP contribution in [0.5, 0.6) is 0 Å². The van der Waals surface area contributed by atoms with E-state index in [9.17, 15) is 4.79 Å². The summed E-state index contributed by atoms with van der Waals surface area (Å²) in [7, 11) is 0. The van der Waals surface area contributed by atoms with E-state index in [-0.39, 0.29) is 11.9 Å². The molecule has 1 aromatic carbocycles. The number of hydrogen-bond acceptors (Lipinski definition) is 3. The van der Waals surface area contributed by atoms with Crippen molar-refractivity contribution in [1.29, 1.82) is 0 Å².